The number of rotatable bonds is 4. The van der Waals surface area contributed by atoms with E-state index in [9.17, 15) is 9.59 Å². The number of carbonyl (C=O) groups is 2. The maximum Gasteiger partial charge on any atom is 0.325 e. The van der Waals surface area contributed by atoms with Crippen LogP contribution in [0.2, 0.25) is 0 Å². The van der Waals surface area contributed by atoms with Gasteiger partial charge in [-0.15, -0.1) is 0 Å². The molecule has 1 aromatic rings. The molecule has 0 radical (unpaired) electrons. The maximum absolute atomic E-state index is 13.0. The third kappa shape index (κ3) is 2.26. The van der Waals surface area contributed by atoms with Crippen LogP contribution in [0.5, 0.6) is 0 Å². The largest absolute Gasteiger partial charge is 0.395 e. The van der Waals surface area contributed by atoms with Gasteiger partial charge in [0.15, 0.2) is 5.54 Å². The van der Waals surface area contributed by atoms with Gasteiger partial charge in [-0.2, -0.15) is 0 Å². The number of urea groups is 1. The number of hydrogen-bond acceptors (Lipinski definition) is 5. The van der Waals surface area contributed by atoms with E-state index in [-0.39, 0.29) is 25.0 Å². The van der Waals surface area contributed by atoms with Crippen LogP contribution >= 0.6 is 0 Å². The van der Waals surface area contributed by atoms with Gasteiger partial charge >= 0.3 is 6.03 Å². The molecule has 1 aromatic heterocycles. The second-order valence-corrected chi connectivity index (χ2v) is 5.66. The van der Waals surface area contributed by atoms with Crippen molar-refractivity contribution in [1.29, 1.82) is 0 Å². The molecule has 0 aliphatic carbocycles. The van der Waals surface area contributed by atoms with Crippen molar-refractivity contribution in [1.82, 2.24) is 20.5 Å². The van der Waals surface area contributed by atoms with E-state index in [2.05, 4.69) is 15.6 Å². The van der Waals surface area contributed by atoms with Crippen molar-refractivity contribution >= 4 is 11.9 Å². The van der Waals surface area contributed by atoms with Gasteiger partial charge in [0.1, 0.15) is 0 Å². The van der Waals surface area contributed by atoms with Crippen molar-refractivity contribution in [3.05, 3.63) is 30.1 Å². The van der Waals surface area contributed by atoms with Crippen LogP contribution in [0.15, 0.2) is 24.4 Å². The third-order valence-electron chi connectivity index (χ3n) is 4.48. The van der Waals surface area contributed by atoms with Crippen molar-refractivity contribution in [2.45, 2.75) is 18.4 Å². The van der Waals surface area contributed by atoms with Crippen LogP contribution in [0.1, 0.15) is 18.5 Å². The molecule has 3 amide bonds. The molecule has 7 nitrogen and oxygen atoms in total. The first-order chi connectivity index (χ1) is 10.7. The molecule has 0 aromatic carbocycles. The van der Waals surface area contributed by atoms with Crippen LogP contribution in [0.4, 0.5) is 4.79 Å². The SMILES string of the molecule is O=C1N[C@@](c2ccccn2)(C2CCNCC2)C(=O)N1CCO. The number of imide groups is 1. The zero-order chi connectivity index (χ0) is 15.6. The number of pyridine rings is 1. The van der Waals surface area contributed by atoms with Crippen LogP contribution in [0.25, 0.3) is 0 Å². The number of aromatic nitrogens is 1. The standard InChI is InChI=1S/C15H20N4O3/c20-10-9-19-13(21)15(18-14(19)22,11-4-7-16-8-5-11)12-3-1-2-6-17-12/h1-3,6,11,16,20H,4-5,7-10H2,(H,18,22)/t15-/m1/s1. The molecule has 2 aliphatic heterocycles. The number of hydrogen-bond donors (Lipinski definition) is 3. The summed E-state index contributed by atoms with van der Waals surface area (Å²) in [6.07, 6.45) is 3.21. The maximum atomic E-state index is 13.0. The summed E-state index contributed by atoms with van der Waals surface area (Å²) in [6.45, 7) is 1.37. The average Bonchev–Trinajstić information content (AvgIpc) is 2.82. The van der Waals surface area contributed by atoms with E-state index >= 15 is 0 Å². The van der Waals surface area contributed by atoms with Crippen molar-refractivity contribution < 1.29 is 14.7 Å². The highest BCUT2D eigenvalue weighted by molar-refractivity contribution is 6.07. The summed E-state index contributed by atoms with van der Waals surface area (Å²) in [4.78, 5) is 30.7. The Hall–Kier alpha value is -1.99. The van der Waals surface area contributed by atoms with Crippen molar-refractivity contribution in [3.63, 3.8) is 0 Å². The van der Waals surface area contributed by atoms with Crippen LogP contribution in [0.3, 0.4) is 0 Å². The van der Waals surface area contributed by atoms with Crippen molar-refractivity contribution in [2.75, 3.05) is 26.2 Å². The van der Waals surface area contributed by atoms with E-state index in [0.29, 0.717) is 5.69 Å². The highest BCUT2D eigenvalue weighted by atomic mass is 16.3. The number of carbonyl (C=O) groups excluding carboxylic acids is 2. The minimum atomic E-state index is -1.12. The van der Waals surface area contributed by atoms with Crippen LogP contribution in [-0.4, -0.2) is 53.2 Å². The van der Waals surface area contributed by atoms with Crippen molar-refractivity contribution in [2.24, 2.45) is 5.92 Å². The fraction of sp³-hybridized carbons (Fsp3) is 0.533. The quantitative estimate of drug-likeness (QED) is 0.671. The fourth-order valence-corrected chi connectivity index (χ4v) is 3.41. The predicted octanol–water partition coefficient (Wildman–Crippen LogP) is -0.179. The zero-order valence-electron chi connectivity index (χ0n) is 12.3. The number of piperidine rings is 1. The number of aliphatic hydroxyl groups excluding tert-OH is 1. The molecule has 2 aliphatic rings. The second-order valence-electron chi connectivity index (χ2n) is 5.66. The Bertz CT molecular complexity index is 559. The summed E-state index contributed by atoms with van der Waals surface area (Å²) in [5.41, 5.74) is -0.545. The minimum absolute atomic E-state index is 0.00419. The Morgan fingerprint density at radius 3 is 2.73 bits per heavy atom. The first kappa shape index (κ1) is 14.9. The fourth-order valence-electron chi connectivity index (χ4n) is 3.41. The summed E-state index contributed by atoms with van der Waals surface area (Å²) in [6, 6.07) is 4.93. The van der Waals surface area contributed by atoms with E-state index in [1.165, 1.54) is 0 Å². The van der Waals surface area contributed by atoms with Gasteiger partial charge < -0.3 is 15.7 Å². The van der Waals surface area contributed by atoms with Gasteiger partial charge in [-0.3, -0.25) is 14.7 Å². The third-order valence-corrected chi connectivity index (χ3v) is 4.48. The molecule has 0 saturated carbocycles. The zero-order valence-corrected chi connectivity index (χ0v) is 12.3. The molecule has 0 bridgehead atoms. The number of β-amino-alcohol motifs (C(OH)–C–C–N with tert-alkyl or cyclic N) is 1. The molecule has 0 spiro atoms. The Labute approximate surface area is 128 Å². The Balaban J connectivity index is 2.04. The normalized spacial score (nSPS) is 26.3. The lowest BCUT2D eigenvalue weighted by atomic mass is 9.75. The van der Waals surface area contributed by atoms with Gasteiger partial charge in [0, 0.05) is 6.20 Å². The Morgan fingerprint density at radius 2 is 2.09 bits per heavy atom. The highest BCUT2D eigenvalue weighted by Crippen LogP contribution is 2.39. The molecular weight excluding hydrogens is 284 g/mol. The number of nitrogens with zero attached hydrogens (tertiary/aromatic N) is 2. The van der Waals surface area contributed by atoms with Gasteiger partial charge in [0.05, 0.1) is 18.8 Å². The second kappa shape index (κ2) is 6.02. The molecular formula is C15H20N4O3. The molecule has 2 saturated heterocycles. The monoisotopic (exact) mass is 304 g/mol. The van der Waals surface area contributed by atoms with Gasteiger partial charge in [0.2, 0.25) is 0 Å². The first-order valence-corrected chi connectivity index (χ1v) is 7.57. The molecule has 3 heterocycles. The molecule has 3 N–H and O–H groups in total. The number of aliphatic hydroxyl groups is 1. The van der Waals surface area contributed by atoms with E-state index < -0.39 is 11.6 Å². The van der Waals surface area contributed by atoms with Gasteiger partial charge in [-0.25, -0.2) is 4.79 Å². The van der Waals surface area contributed by atoms with Crippen LogP contribution < -0.4 is 10.6 Å². The van der Waals surface area contributed by atoms with Gasteiger partial charge in [0.25, 0.3) is 5.91 Å². The van der Waals surface area contributed by atoms with Gasteiger partial charge in [-0.1, -0.05) is 6.07 Å². The average molecular weight is 304 g/mol. The summed E-state index contributed by atoms with van der Waals surface area (Å²) in [5.74, 6) is -0.319. The van der Waals surface area contributed by atoms with E-state index in [1.807, 2.05) is 6.07 Å². The lowest BCUT2D eigenvalue weighted by molar-refractivity contribution is -0.134. The first-order valence-electron chi connectivity index (χ1n) is 7.57. The van der Waals surface area contributed by atoms with Crippen molar-refractivity contribution in [3.8, 4) is 0 Å². The summed E-state index contributed by atoms with van der Waals surface area (Å²) < 4.78 is 0. The lowest BCUT2D eigenvalue weighted by Gasteiger charge is -2.37. The smallest absolute Gasteiger partial charge is 0.325 e. The molecule has 1 atom stereocenters. The Kier molecular flexibility index (Phi) is 4.08. The molecule has 22 heavy (non-hydrogen) atoms. The Morgan fingerprint density at radius 1 is 1.32 bits per heavy atom. The predicted molar refractivity (Wildman–Crippen MR) is 78.8 cm³/mol. The number of nitrogens with one attached hydrogen (secondary N) is 2. The van der Waals surface area contributed by atoms with Crippen LogP contribution in [0, 0.1) is 5.92 Å². The van der Waals surface area contributed by atoms with E-state index in [0.717, 1.165) is 30.8 Å². The molecule has 3 rings (SSSR count). The lowest BCUT2D eigenvalue weighted by Crippen LogP contribution is -2.53. The molecule has 118 valence electrons. The summed E-state index contributed by atoms with van der Waals surface area (Å²) in [7, 11) is 0. The topological polar surface area (TPSA) is 94.6 Å². The molecule has 0 unspecified atom stereocenters. The molecule has 2 fully saturated rings. The minimum Gasteiger partial charge on any atom is -0.395 e. The molecule has 7 heteroatoms. The highest BCUT2D eigenvalue weighted by Gasteiger charge is 2.57. The van der Waals surface area contributed by atoms with E-state index in [4.69, 9.17) is 5.11 Å². The summed E-state index contributed by atoms with van der Waals surface area (Å²) >= 11 is 0. The van der Waals surface area contributed by atoms with Crippen LogP contribution in [-0.2, 0) is 10.3 Å². The summed E-state index contributed by atoms with van der Waals surface area (Å²) in [5, 5.41) is 15.3. The van der Waals surface area contributed by atoms with Gasteiger partial charge in [-0.05, 0) is 44.0 Å². The van der Waals surface area contributed by atoms with E-state index in [1.54, 1.807) is 18.3 Å². The number of amides is 3.